The summed E-state index contributed by atoms with van der Waals surface area (Å²) >= 11 is 0. The van der Waals surface area contributed by atoms with Crippen LogP contribution in [0.3, 0.4) is 0 Å². The van der Waals surface area contributed by atoms with Crippen molar-refractivity contribution >= 4 is 5.91 Å². The number of hydrogen-bond donors (Lipinski definition) is 1. The van der Waals surface area contributed by atoms with Crippen LogP contribution in [0.5, 0.6) is 5.75 Å². The molecule has 0 aliphatic carbocycles. The zero-order valence-electron chi connectivity index (χ0n) is 16.5. The number of rotatable bonds is 8. The van der Waals surface area contributed by atoms with Crippen LogP contribution in [0.25, 0.3) is 11.4 Å². The van der Waals surface area contributed by atoms with E-state index in [0.717, 1.165) is 29.7 Å². The Morgan fingerprint density at radius 1 is 1.17 bits per heavy atom. The Hall–Kier alpha value is -3.66. The number of nitrogens with one attached hydrogen (secondary N) is 1. The van der Waals surface area contributed by atoms with Crippen LogP contribution in [0, 0.1) is 11.3 Å². The zero-order valence-corrected chi connectivity index (χ0v) is 16.5. The van der Waals surface area contributed by atoms with Crippen molar-refractivity contribution in [2.45, 2.75) is 18.8 Å². The number of aromatic nitrogens is 3. The molecule has 1 heterocycles. The maximum absolute atomic E-state index is 12.5. The predicted octanol–water partition coefficient (Wildman–Crippen LogP) is 2.85. The van der Waals surface area contributed by atoms with E-state index in [-0.39, 0.29) is 5.91 Å². The predicted molar refractivity (Wildman–Crippen MR) is 109 cm³/mol. The van der Waals surface area contributed by atoms with Crippen LogP contribution in [-0.2, 0) is 18.3 Å². The van der Waals surface area contributed by atoms with Gasteiger partial charge in [-0.1, -0.05) is 42.5 Å². The summed E-state index contributed by atoms with van der Waals surface area (Å²) in [6, 6.07) is 19.4. The average Bonchev–Trinajstić information content (AvgIpc) is 3.14. The van der Waals surface area contributed by atoms with E-state index in [9.17, 15) is 10.1 Å². The number of aryl methyl sites for hydroxylation is 1. The number of methoxy groups -OCH3 is 1. The Morgan fingerprint density at radius 3 is 2.55 bits per heavy atom. The van der Waals surface area contributed by atoms with Gasteiger partial charge in [-0.05, 0) is 30.5 Å². The minimum absolute atomic E-state index is 0.332. The molecule has 148 valence electrons. The van der Waals surface area contributed by atoms with Gasteiger partial charge in [-0.15, -0.1) is 10.2 Å². The van der Waals surface area contributed by atoms with Crippen molar-refractivity contribution in [3.63, 3.8) is 0 Å². The molecule has 1 atom stereocenters. The third-order valence-electron chi connectivity index (χ3n) is 4.69. The highest BCUT2D eigenvalue weighted by molar-refractivity contribution is 5.85. The second kappa shape index (κ2) is 9.51. The van der Waals surface area contributed by atoms with Gasteiger partial charge >= 0.3 is 0 Å². The van der Waals surface area contributed by atoms with Crippen molar-refractivity contribution in [1.29, 1.82) is 5.26 Å². The molecule has 0 saturated carbocycles. The molecule has 1 unspecified atom stereocenters. The first-order chi connectivity index (χ1) is 14.1. The Bertz CT molecular complexity index is 990. The zero-order chi connectivity index (χ0) is 20.6. The molecule has 0 spiro atoms. The molecule has 2 aromatic carbocycles. The molecular weight excluding hydrogens is 366 g/mol. The van der Waals surface area contributed by atoms with Gasteiger partial charge in [0.2, 0.25) is 5.91 Å². The number of nitriles is 1. The molecule has 1 N–H and O–H groups in total. The van der Waals surface area contributed by atoms with Crippen molar-refractivity contribution in [2.24, 2.45) is 7.05 Å². The number of carbonyl (C=O) groups is 1. The van der Waals surface area contributed by atoms with E-state index in [4.69, 9.17) is 4.74 Å². The molecule has 0 fully saturated rings. The van der Waals surface area contributed by atoms with Crippen LogP contribution in [0.4, 0.5) is 0 Å². The van der Waals surface area contributed by atoms with Crippen LogP contribution in [-0.4, -0.2) is 34.3 Å². The monoisotopic (exact) mass is 389 g/mol. The first kappa shape index (κ1) is 20.1. The van der Waals surface area contributed by atoms with Gasteiger partial charge in [0.1, 0.15) is 5.75 Å². The lowest BCUT2D eigenvalue weighted by Crippen LogP contribution is -2.31. The van der Waals surface area contributed by atoms with Gasteiger partial charge in [-0.25, -0.2) is 0 Å². The summed E-state index contributed by atoms with van der Waals surface area (Å²) < 4.78 is 6.84. The normalized spacial score (nSPS) is 11.5. The molecule has 3 rings (SSSR count). The van der Waals surface area contributed by atoms with E-state index in [2.05, 4.69) is 15.5 Å². The average molecular weight is 389 g/mol. The Balaban J connectivity index is 1.58. The summed E-state index contributed by atoms with van der Waals surface area (Å²) in [5.74, 6) is 0.396. The third-order valence-corrected chi connectivity index (χ3v) is 4.69. The highest BCUT2D eigenvalue weighted by Gasteiger charge is 2.26. The van der Waals surface area contributed by atoms with Crippen LogP contribution < -0.4 is 10.1 Å². The fraction of sp³-hybridized carbons (Fsp3) is 0.273. The molecule has 3 aromatic rings. The summed E-state index contributed by atoms with van der Waals surface area (Å²) in [6.07, 6.45) is 1.59. The molecule has 1 amide bonds. The molecule has 0 aliphatic rings. The first-order valence-electron chi connectivity index (χ1n) is 9.39. The van der Waals surface area contributed by atoms with Gasteiger partial charge in [-0.3, -0.25) is 4.79 Å². The number of ether oxygens (including phenoxy) is 1. The third kappa shape index (κ3) is 4.79. The Labute approximate surface area is 170 Å². The largest absolute Gasteiger partial charge is 0.497 e. The van der Waals surface area contributed by atoms with Gasteiger partial charge in [0.15, 0.2) is 17.6 Å². The minimum Gasteiger partial charge on any atom is -0.497 e. The molecule has 7 heteroatoms. The number of carbonyl (C=O) groups excluding carboxylic acids is 1. The fourth-order valence-corrected chi connectivity index (χ4v) is 3.06. The van der Waals surface area contributed by atoms with Crippen molar-refractivity contribution < 1.29 is 9.53 Å². The SMILES string of the molecule is COc1ccc(CCCNC(=O)C(C#N)c2nnc(-c3ccccc3)n2C)cc1. The van der Waals surface area contributed by atoms with E-state index in [1.54, 1.807) is 18.7 Å². The minimum atomic E-state index is -1.01. The second-order valence-electron chi connectivity index (χ2n) is 6.61. The van der Waals surface area contributed by atoms with Gasteiger partial charge < -0.3 is 14.6 Å². The lowest BCUT2D eigenvalue weighted by atomic mass is 10.1. The van der Waals surface area contributed by atoms with Gasteiger partial charge in [0, 0.05) is 19.2 Å². The van der Waals surface area contributed by atoms with E-state index < -0.39 is 5.92 Å². The topological polar surface area (TPSA) is 92.8 Å². The number of hydrogen-bond acceptors (Lipinski definition) is 5. The standard InChI is InChI=1S/C22H23N5O2/c1-27-20(17-8-4-3-5-9-17)25-26-21(27)19(15-23)22(28)24-14-6-7-16-10-12-18(29-2)13-11-16/h3-5,8-13,19H,6-7,14H2,1-2H3,(H,24,28). The molecule has 0 bridgehead atoms. The number of benzene rings is 2. The van der Waals surface area contributed by atoms with Crippen LogP contribution in [0.15, 0.2) is 54.6 Å². The quantitative estimate of drug-likeness (QED) is 0.598. The molecule has 0 saturated heterocycles. The summed E-state index contributed by atoms with van der Waals surface area (Å²) in [7, 11) is 3.40. The molecular formula is C22H23N5O2. The van der Waals surface area contributed by atoms with Crippen molar-refractivity contribution in [3.05, 3.63) is 66.0 Å². The van der Waals surface area contributed by atoms with E-state index in [1.807, 2.05) is 60.7 Å². The van der Waals surface area contributed by atoms with Gasteiger partial charge in [0.25, 0.3) is 0 Å². The summed E-state index contributed by atoms with van der Waals surface area (Å²) in [6.45, 7) is 0.479. The smallest absolute Gasteiger partial charge is 0.245 e. The molecule has 0 aliphatic heterocycles. The van der Waals surface area contributed by atoms with Crippen LogP contribution in [0.1, 0.15) is 23.7 Å². The summed E-state index contributed by atoms with van der Waals surface area (Å²) in [4.78, 5) is 12.5. The molecule has 0 radical (unpaired) electrons. The second-order valence-corrected chi connectivity index (χ2v) is 6.61. The van der Waals surface area contributed by atoms with Crippen molar-refractivity contribution in [3.8, 4) is 23.2 Å². The summed E-state index contributed by atoms with van der Waals surface area (Å²) in [5.41, 5.74) is 2.04. The number of amides is 1. The molecule has 29 heavy (non-hydrogen) atoms. The van der Waals surface area contributed by atoms with Crippen LogP contribution >= 0.6 is 0 Å². The Morgan fingerprint density at radius 2 is 1.90 bits per heavy atom. The molecule has 7 nitrogen and oxygen atoms in total. The fourth-order valence-electron chi connectivity index (χ4n) is 3.06. The van der Waals surface area contributed by atoms with Crippen LogP contribution in [0.2, 0.25) is 0 Å². The molecule has 1 aromatic heterocycles. The van der Waals surface area contributed by atoms with E-state index in [0.29, 0.717) is 18.2 Å². The van der Waals surface area contributed by atoms with Gasteiger partial charge in [0.05, 0.1) is 13.2 Å². The number of nitrogens with zero attached hydrogens (tertiary/aromatic N) is 4. The lowest BCUT2D eigenvalue weighted by Gasteiger charge is -2.11. The highest BCUT2D eigenvalue weighted by Crippen LogP contribution is 2.21. The van der Waals surface area contributed by atoms with E-state index >= 15 is 0 Å². The van der Waals surface area contributed by atoms with Gasteiger partial charge in [-0.2, -0.15) is 5.26 Å². The first-order valence-corrected chi connectivity index (χ1v) is 9.39. The van der Waals surface area contributed by atoms with Crippen molar-refractivity contribution in [2.75, 3.05) is 13.7 Å². The highest BCUT2D eigenvalue weighted by atomic mass is 16.5. The maximum Gasteiger partial charge on any atom is 0.245 e. The summed E-state index contributed by atoms with van der Waals surface area (Å²) in [5, 5.41) is 20.6. The lowest BCUT2D eigenvalue weighted by molar-refractivity contribution is -0.121. The van der Waals surface area contributed by atoms with Crippen molar-refractivity contribution in [1.82, 2.24) is 20.1 Å². The Kier molecular flexibility index (Phi) is 6.59. The van der Waals surface area contributed by atoms with E-state index in [1.165, 1.54) is 0 Å². The maximum atomic E-state index is 12.5.